The molecule has 0 aliphatic heterocycles. The highest BCUT2D eigenvalue weighted by atomic mass is 19.1. The number of nitrogens with one attached hydrogen (secondary N) is 1. The Morgan fingerprint density at radius 3 is 2.56 bits per heavy atom. The second-order valence-corrected chi connectivity index (χ2v) is 8.60. The molecule has 0 saturated carbocycles. The maximum Gasteiger partial charge on any atom is 0.254 e. The van der Waals surface area contributed by atoms with Gasteiger partial charge in [-0.25, -0.2) is 4.39 Å². The first kappa shape index (κ1) is 23.4. The quantitative estimate of drug-likeness (QED) is 0.397. The Hall–Kier alpha value is -3.71. The molecule has 3 aromatic carbocycles. The molecule has 0 saturated heterocycles. The minimum atomic E-state index is -0.318. The minimum absolute atomic E-state index is 0.128. The lowest BCUT2D eigenvalue weighted by molar-refractivity contribution is 0.0785. The van der Waals surface area contributed by atoms with Gasteiger partial charge in [0, 0.05) is 36.7 Å². The van der Waals surface area contributed by atoms with Crippen molar-refractivity contribution < 1.29 is 13.9 Å². The Kier molecular flexibility index (Phi) is 6.93. The standard InChI is InChI=1S/C27H29FN4O2/c1-5-34-25-14-19(11-12-23(25)18-7-6-8-22(28)13-18)27(33)32(4)17-21-10-9-20(16-31(2)3)24-15-29-30-26(21)24/h6-15H,5,16-17H2,1-4H3,(H,29,30). The van der Waals surface area contributed by atoms with Crippen molar-refractivity contribution in [1.82, 2.24) is 20.0 Å². The van der Waals surface area contributed by atoms with Gasteiger partial charge in [0.05, 0.1) is 18.3 Å². The number of hydrogen-bond donors (Lipinski definition) is 1. The van der Waals surface area contributed by atoms with Crippen LogP contribution in [0.1, 0.15) is 28.4 Å². The third-order valence-corrected chi connectivity index (χ3v) is 5.70. The zero-order valence-electron chi connectivity index (χ0n) is 19.9. The topological polar surface area (TPSA) is 61.5 Å². The number of fused-ring (bicyclic) bond motifs is 1. The van der Waals surface area contributed by atoms with Crippen molar-refractivity contribution in [3.63, 3.8) is 0 Å². The van der Waals surface area contributed by atoms with Crippen LogP contribution < -0.4 is 4.74 Å². The number of aromatic nitrogens is 2. The first-order valence-corrected chi connectivity index (χ1v) is 11.2. The summed E-state index contributed by atoms with van der Waals surface area (Å²) in [6.45, 7) is 3.55. The maximum atomic E-state index is 13.8. The second kappa shape index (κ2) is 10.1. The second-order valence-electron chi connectivity index (χ2n) is 8.60. The molecule has 0 fully saturated rings. The number of hydrogen-bond acceptors (Lipinski definition) is 4. The monoisotopic (exact) mass is 460 g/mol. The van der Waals surface area contributed by atoms with Crippen LogP contribution in [-0.4, -0.2) is 53.7 Å². The van der Waals surface area contributed by atoms with Gasteiger partial charge in [0.1, 0.15) is 11.6 Å². The molecule has 0 aliphatic rings. The molecule has 0 bridgehead atoms. The summed E-state index contributed by atoms with van der Waals surface area (Å²) in [4.78, 5) is 17.1. The first-order chi connectivity index (χ1) is 16.4. The van der Waals surface area contributed by atoms with E-state index in [4.69, 9.17) is 4.74 Å². The fourth-order valence-electron chi connectivity index (χ4n) is 4.13. The highest BCUT2D eigenvalue weighted by molar-refractivity contribution is 5.96. The van der Waals surface area contributed by atoms with E-state index in [0.717, 1.165) is 28.6 Å². The van der Waals surface area contributed by atoms with Gasteiger partial charge in [-0.05, 0) is 68.0 Å². The lowest BCUT2D eigenvalue weighted by Gasteiger charge is -2.20. The summed E-state index contributed by atoms with van der Waals surface area (Å²) in [7, 11) is 5.84. The van der Waals surface area contributed by atoms with Crippen LogP contribution in [0.5, 0.6) is 5.75 Å². The molecule has 1 aromatic heterocycles. The fraction of sp³-hybridized carbons (Fsp3) is 0.259. The summed E-state index contributed by atoms with van der Waals surface area (Å²) in [6.07, 6.45) is 1.83. The van der Waals surface area contributed by atoms with Crippen molar-refractivity contribution in [3.8, 4) is 16.9 Å². The lowest BCUT2D eigenvalue weighted by atomic mass is 10.0. The summed E-state index contributed by atoms with van der Waals surface area (Å²) in [5, 5.41) is 8.37. The third-order valence-electron chi connectivity index (χ3n) is 5.70. The van der Waals surface area contributed by atoms with Gasteiger partial charge in [-0.15, -0.1) is 0 Å². The summed E-state index contributed by atoms with van der Waals surface area (Å²) >= 11 is 0. The predicted molar refractivity (Wildman–Crippen MR) is 132 cm³/mol. The average molecular weight is 461 g/mol. The van der Waals surface area contributed by atoms with E-state index in [2.05, 4.69) is 21.2 Å². The van der Waals surface area contributed by atoms with Crippen LogP contribution in [0.15, 0.2) is 60.8 Å². The molecule has 4 rings (SSSR count). The number of nitrogens with zero attached hydrogens (tertiary/aromatic N) is 3. The predicted octanol–water partition coefficient (Wildman–Crippen LogP) is 5.10. The molecule has 4 aromatic rings. The van der Waals surface area contributed by atoms with E-state index < -0.39 is 0 Å². The number of benzene rings is 3. The van der Waals surface area contributed by atoms with Crippen molar-refractivity contribution in [2.75, 3.05) is 27.7 Å². The Morgan fingerprint density at radius 1 is 1.03 bits per heavy atom. The molecule has 0 radical (unpaired) electrons. The third kappa shape index (κ3) is 4.94. The van der Waals surface area contributed by atoms with E-state index in [1.165, 1.54) is 17.7 Å². The summed E-state index contributed by atoms with van der Waals surface area (Å²) in [5.41, 5.74) is 5.08. The van der Waals surface area contributed by atoms with E-state index in [1.807, 2.05) is 45.4 Å². The number of amides is 1. The Labute approximate surface area is 199 Å². The highest BCUT2D eigenvalue weighted by Gasteiger charge is 2.18. The molecule has 34 heavy (non-hydrogen) atoms. The molecule has 1 N–H and O–H groups in total. The molecular weight excluding hydrogens is 431 g/mol. The van der Waals surface area contributed by atoms with Crippen molar-refractivity contribution >= 4 is 16.8 Å². The molecule has 6 nitrogen and oxygen atoms in total. The highest BCUT2D eigenvalue weighted by Crippen LogP contribution is 2.32. The smallest absolute Gasteiger partial charge is 0.254 e. The van der Waals surface area contributed by atoms with Gasteiger partial charge in [0.15, 0.2) is 0 Å². The molecule has 0 unspecified atom stereocenters. The fourth-order valence-corrected chi connectivity index (χ4v) is 4.13. The summed E-state index contributed by atoms with van der Waals surface area (Å²) < 4.78 is 19.6. The van der Waals surface area contributed by atoms with Crippen LogP contribution >= 0.6 is 0 Å². The van der Waals surface area contributed by atoms with Crippen molar-refractivity contribution in [1.29, 1.82) is 0 Å². The Morgan fingerprint density at radius 2 is 1.82 bits per heavy atom. The molecule has 7 heteroatoms. The van der Waals surface area contributed by atoms with E-state index in [0.29, 0.717) is 30.0 Å². The van der Waals surface area contributed by atoms with Crippen LogP contribution in [0.25, 0.3) is 22.0 Å². The van der Waals surface area contributed by atoms with Gasteiger partial charge in [-0.1, -0.05) is 24.3 Å². The molecule has 0 atom stereocenters. The Bertz CT molecular complexity index is 1320. The number of H-pyrrole nitrogens is 1. The molecule has 0 aliphatic carbocycles. The SMILES string of the molecule is CCOc1cc(C(=O)N(C)Cc2ccc(CN(C)C)c3cn[nH]c23)ccc1-c1cccc(F)c1. The van der Waals surface area contributed by atoms with Crippen molar-refractivity contribution in [2.24, 2.45) is 0 Å². The number of aromatic amines is 1. The van der Waals surface area contributed by atoms with E-state index in [1.54, 1.807) is 30.1 Å². The van der Waals surface area contributed by atoms with Gasteiger partial charge in [-0.2, -0.15) is 5.10 Å². The van der Waals surface area contributed by atoms with Gasteiger partial charge < -0.3 is 14.5 Å². The number of carbonyl (C=O) groups is 1. The number of ether oxygens (including phenoxy) is 1. The Balaban J connectivity index is 1.59. The largest absolute Gasteiger partial charge is 0.493 e. The number of carbonyl (C=O) groups excluding carboxylic acids is 1. The molecule has 1 heterocycles. The van der Waals surface area contributed by atoms with Crippen molar-refractivity contribution in [3.05, 3.63) is 83.3 Å². The summed E-state index contributed by atoms with van der Waals surface area (Å²) in [6, 6.07) is 15.8. The van der Waals surface area contributed by atoms with Crippen LogP contribution in [0.4, 0.5) is 4.39 Å². The van der Waals surface area contributed by atoms with Gasteiger partial charge in [0.25, 0.3) is 5.91 Å². The van der Waals surface area contributed by atoms with Crippen LogP contribution in [0, 0.1) is 5.82 Å². The average Bonchev–Trinajstić information content (AvgIpc) is 3.31. The normalized spacial score (nSPS) is 11.2. The molecule has 0 spiro atoms. The van der Waals surface area contributed by atoms with E-state index >= 15 is 0 Å². The summed E-state index contributed by atoms with van der Waals surface area (Å²) in [5.74, 6) is 0.106. The van der Waals surface area contributed by atoms with Crippen LogP contribution in [0.2, 0.25) is 0 Å². The molecule has 1 amide bonds. The number of rotatable bonds is 8. The van der Waals surface area contributed by atoms with Crippen LogP contribution in [0.3, 0.4) is 0 Å². The first-order valence-electron chi connectivity index (χ1n) is 11.2. The maximum absolute atomic E-state index is 13.8. The van der Waals surface area contributed by atoms with Gasteiger partial charge >= 0.3 is 0 Å². The van der Waals surface area contributed by atoms with E-state index in [9.17, 15) is 9.18 Å². The zero-order valence-corrected chi connectivity index (χ0v) is 19.9. The van der Waals surface area contributed by atoms with Crippen molar-refractivity contribution in [2.45, 2.75) is 20.0 Å². The molecule has 176 valence electrons. The minimum Gasteiger partial charge on any atom is -0.493 e. The zero-order chi connectivity index (χ0) is 24.2. The van der Waals surface area contributed by atoms with E-state index in [-0.39, 0.29) is 11.7 Å². The number of halogens is 1. The van der Waals surface area contributed by atoms with Crippen LogP contribution in [-0.2, 0) is 13.1 Å². The molecular formula is C27H29FN4O2. The lowest BCUT2D eigenvalue weighted by Crippen LogP contribution is -2.26. The van der Waals surface area contributed by atoms with Gasteiger partial charge in [-0.3, -0.25) is 9.89 Å². The van der Waals surface area contributed by atoms with Gasteiger partial charge in [0.2, 0.25) is 0 Å².